The Morgan fingerprint density at radius 3 is 2.35 bits per heavy atom. The highest BCUT2D eigenvalue weighted by atomic mass is 16.3. The van der Waals surface area contributed by atoms with Crippen LogP contribution in [0, 0.1) is 5.92 Å². The molecule has 0 aromatic heterocycles. The van der Waals surface area contributed by atoms with Gasteiger partial charge in [0, 0.05) is 0 Å². The Kier molecular flexibility index (Phi) is 5.70. The van der Waals surface area contributed by atoms with Crippen LogP contribution in [0.2, 0.25) is 0 Å². The molecule has 1 aromatic carbocycles. The third-order valence-electron chi connectivity index (χ3n) is 3.28. The third kappa shape index (κ3) is 6.48. The van der Waals surface area contributed by atoms with Gasteiger partial charge in [-0.15, -0.1) is 0 Å². The maximum atomic E-state index is 10.2. The zero-order chi connectivity index (χ0) is 12.7. The summed E-state index contributed by atoms with van der Waals surface area (Å²) >= 11 is 0. The van der Waals surface area contributed by atoms with Crippen LogP contribution >= 0.6 is 0 Å². The van der Waals surface area contributed by atoms with Crippen molar-refractivity contribution in [2.75, 3.05) is 0 Å². The zero-order valence-electron chi connectivity index (χ0n) is 11.4. The standard InChI is InChI=1S/C16H26O/c1-14(2)11-13-16(3,17)12-7-10-15-8-5-4-6-9-15/h4-6,8-9,14,17H,7,10-13H2,1-3H3. The number of hydrogen-bond acceptors (Lipinski definition) is 1. The quantitative estimate of drug-likeness (QED) is 0.749. The number of benzene rings is 1. The minimum absolute atomic E-state index is 0.487. The van der Waals surface area contributed by atoms with Crippen molar-refractivity contribution in [3.8, 4) is 0 Å². The van der Waals surface area contributed by atoms with Gasteiger partial charge >= 0.3 is 0 Å². The molecule has 0 saturated carbocycles. The first kappa shape index (κ1) is 14.2. The lowest BCUT2D eigenvalue weighted by molar-refractivity contribution is 0.0348. The average molecular weight is 234 g/mol. The normalized spacial score (nSPS) is 14.9. The van der Waals surface area contributed by atoms with Crippen LogP contribution in [0.15, 0.2) is 30.3 Å². The predicted octanol–water partition coefficient (Wildman–Crippen LogP) is 4.20. The van der Waals surface area contributed by atoms with Crippen molar-refractivity contribution < 1.29 is 5.11 Å². The molecular formula is C16H26O. The average Bonchev–Trinajstić information content (AvgIpc) is 2.28. The van der Waals surface area contributed by atoms with E-state index in [2.05, 4.69) is 38.1 Å². The van der Waals surface area contributed by atoms with Crippen LogP contribution in [-0.4, -0.2) is 10.7 Å². The summed E-state index contributed by atoms with van der Waals surface area (Å²) in [5.74, 6) is 0.676. The molecule has 0 radical (unpaired) electrons. The minimum Gasteiger partial charge on any atom is -0.390 e. The third-order valence-corrected chi connectivity index (χ3v) is 3.28. The summed E-state index contributed by atoms with van der Waals surface area (Å²) in [5.41, 5.74) is 0.881. The molecule has 0 aliphatic rings. The van der Waals surface area contributed by atoms with Crippen molar-refractivity contribution >= 4 is 0 Å². The molecule has 17 heavy (non-hydrogen) atoms. The topological polar surface area (TPSA) is 20.2 Å². The van der Waals surface area contributed by atoms with Gasteiger partial charge in [-0.05, 0) is 50.5 Å². The second kappa shape index (κ2) is 6.80. The molecule has 0 aliphatic carbocycles. The van der Waals surface area contributed by atoms with Gasteiger partial charge in [-0.2, -0.15) is 0 Å². The van der Waals surface area contributed by atoms with Crippen LogP contribution in [0.1, 0.15) is 52.0 Å². The van der Waals surface area contributed by atoms with E-state index in [1.165, 1.54) is 5.56 Å². The molecule has 1 rings (SSSR count). The highest BCUT2D eigenvalue weighted by Gasteiger charge is 2.19. The van der Waals surface area contributed by atoms with Crippen molar-refractivity contribution in [2.24, 2.45) is 5.92 Å². The van der Waals surface area contributed by atoms with Gasteiger partial charge in [0.05, 0.1) is 5.60 Å². The van der Waals surface area contributed by atoms with Gasteiger partial charge in [-0.3, -0.25) is 0 Å². The fraction of sp³-hybridized carbons (Fsp3) is 0.625. The Balaban J connectivity index is 2.25. The Morgan fingerprint density at radius 2 is 1.76 bits per heavy atom. The zero-order valence-corrected chi connectivity index (χ0v) is 11.4. The number of hydrogen-bond donors (Lipinski definition) is 1. The monoisotopic (exact) mass is 234 g/mol. The van der Waals surface area contributed by atoms with Crippen molar-refractivity contribution in [1.29, 1.82) is 0 Å². The largest absolute Gasteiger partial charge is 0.390 e. The Hall–Kier alpha value is -0.820. The molecule has 0 heterocycles. The van der Waals surface area contributed by atoms with Gasteiger partial charge in [0.2, 0.25) is 0 Å². The molecule has 1 nitrogen and oxygen atoms in total. The van der Waals surface area contributed by atoms with Gasteiger partial charge in [0.25, 0.3) is 0 Å². The molecule has 96 valence electrons. The molecule has 0 bridgehead atoms. The van der Waals surface area contributed by atoms with Gasteiger partial charge in [-0.1, -0.05) is 44.2 Å². The highest BCUT2D eigenvalue weighted by molar-refractivity contribution is 5.14. The molecule has 0 fully saturated rings. The maximum Gasteiger partial charge on any atom is 0.0620 e. The molecule has 0 amide bonds. The fourth-order valence-electron chi connectivity index (χ4n) is 2.04. The van der Waals surface area contributed by atoms with E-state index in [1.54, 1.807) is 0 Å². The molecule has 1 N–H and O–H groups in total. The minimum atomic E-state index is -0.487. The summed E-state index contributed by atoms with van der Waals surface area (Å²) in [6, 6.07) is 10.5. The first-order chi connectivity index (χ1) is 7.99. The summed E-state index contributed by atoms with van der Waals surface area (Å²) in [6.07, 6.45) is 5.06. The highest BCUT2D eigenvalue weighted by Crippen LogP contribution is 2.22. The molecule has 0 spiro atoms. The van der Waals surface area contributed by atoms with Crippen molar-refractivity contribution in [2.45, 2.75) is 58.5 Å². The number of rotatable bonds is 7. The van der Waals surface area contributed by atoms with E-state index >= 15 is 0 Å². The SMILES string of the molecule is CC(C)CCC(C)(O)CCCc1ccccc1. The van der Waals surface area contributed by atoms with Crippen molar-refractivity contribution in [3.05, 3.63) is 35.9 Å². The van der Waals surface area contributed by atoms with Crippen molar-refractivity contribution in [3.63, 3.8) is 0 Å². The van der Waals surface area contributed by atoms with Gasteiger partial charge < -0.3 is 5.11 Å². The lowest BCUT2D eigenvalue weighted by atomic mass is 9.90. The van der Waals surface area contributed by atoms with E-state index in [-0.39, 0.29) is 0 Å². The van der Waals surface area contributed by atoms with Crippen LogP contribution in [0.4, 0.5) is 0 Å². The maximum absolute atomic E-state index is 10.2. The van der Waals surface area contributed by atoms with Crippen molar-refractivity contribution in [1.82, 2.24) is 0 Å². The van der Waals surface area contributed by atoms with Crippen LogP contribution in [0.5, 0.6) is 0 Å². The van der Waals surface area contributed by atoms with Gasteiger partial charge in [-0.25, -0.2) is 0 Å². The van der Waals surface area contributed by atoms with E-state index in [0.29, 0.717) is 5.92 Å². The lowest BCUT2D eigenvalue weighted by Gasteiger charge is -2.24. The number of aryl methyl sites for hydroxylation is 1. The van der Waals surface area contributed by atoms with E-state index in [9.17, 15) is 5.11 Å². The molecular weight excluding hydrogens is 208 g/mol. The first-order valence-corrected chi connectivity index (χ1v) is 6.76. The summed E-state index contributed by atoms with van der Waals surface area (Å²) in [6.45, 7) is 6.39. The Labute approximate surface area is 106 Å². The summed E-state index contributed by atoms with van der Waals surface area (Å²) in [5, 5.41) is 10.2. The van der Waals surface area contributed by atoms with Crippen LogP contribution in [-0.2, 0) is 6.42 Å². The van der Waals surface area contributed by atoms with E-state index in [0.717, 1.165) is 32.1 Å². The van der Waals surface area contributed by atoms with E-state index in [1.807, 2.05) is 13.0 Å². The summed E-state index contributed by atoms with van der Waals surface area (Å²) in [4.78, 5) is 0. The fourth-order valence-corrected chi connectivity index (χ4v) is 2.04. The molecule has 1 heteroatoms. The molecule has 1 atom stereocenters. The van der Waals surface area contributed by atoms with Gasteiger partial charge in [0.1, 0.15) is 0 Å². The van der Waals surface area contributed by atoms with Crippen LogP contribution in [0.3, 0.4) is 0 Å². The second-order valence-corrected chi connectivity index (χ2v) is 5.77. The molecule has 1 unspecified atom stereocenters. The summed E-state index contributed by atoms with van der Waals surface area (Å²) < 4.78 is 0. The number of aliphatic hydroxyl groups is 1. The Bertz CT molecular complexity index is 301. The van der Waals surface area contributed by atoms with E-state index in [4.69, 9.17) is 0 Å². The smallest absolute Gasteiger partial charge is 0.0620 e. The predicted molar refractivity (Wildman–Crippen MR) is 74.1 cm³/mol. The summed E-state index contributed by atoms with van der Waals surface area (Å²) in [7, 11) is 0. The second-order valence-electron chi connectivity index (χ2n) is 5.77. The van der Waals surface area contributed by atoms with Gasteiger partial charge in [0.15, 0.2) is 0 Å². The first-order valence-electron chi connectivity index (χ1n) is 6.76. The Morgan fingerprint density at radius 1 is 1.12 bits per heavy atom. The van der Waals surface area contributed by atoms with E-state index < -0.39 is 5.60 Å². The van der Waals surface area contributed by atoms with Crippen LogP contribution < -0.4 is 0 Å². The lowest BCUT2D eigenvalue weighted by Crippen LogP contribution is -2.24. The molecule has 0 aliphatic heterocycles. The van der Waals surface area contributed by atoms with Crippen LogP contribution in [0.25, 0.3) is 0 Å². The molecule has 1 aromatic rings. The molecule has 0 saturated heterocycles.